The van der Waals surface area contributed by atoms with Gasteiger partial charge in [0, 0.05) is 25.0 Å². The predicted octanol–water partition coefficient (Wildman–Crippen LogP) is 2.27. The Labute approximate surface area is 181 Å². The fourth-order valence-corrected chi connectivity index (χ4v) is 4.32. The standard InChI is InChI=1S/C19H15F3N6O3S/c1-27-5-9(3-25-27)15-16-10(17(30)28(8-24-16)12-6-31-7-13(12)29)2-11(26-15)14-4-23-18(32-14)19(20,21)22/h2-5,8,12-13,29H,6-7H2,1H3/t12-,13-/m0/s1. The van der Waals surface area contributed by atoms with Crippen molar-refractivity contribution >= 4 is 22.2 Å². The molecular formula is C19H15F3N6O3S. The van der Waals surface area contributed by atoms with Gasteiger partial charge in [0.25, 0.3) is 5.56 Å². The number of aromatic nitrogens is 6. The number of thiazole rings is 1. The number of halogens is 3. The van der Waals surface area contributed by atoms with Crippen molar-refractivity contribution in [1.29, 1.82) is 0 Å². The lowest BCUT2D eigenvalue weighted by Gasteiger charge is -2.16. The lowest BCUT2D eigenvalue weighted by Crippen LogP contribution is -2.32. The summed E-state index contributed by atoms with van der Waals surface area (Å²) in [4.78, 5) is 25.8. The van der Waals surface area contributed by atoms with Crippen molar-refractivity contribution in [1.82, 2.24) is 29.3 Å². The van der Waals surface area contributed by atoms with Crippen molar-refractivity contribution in [2.24, 2.45) is 7.05 Å². The first kappa shape index (κ1) is 20.7. The van der Waals surface area contributed by atoms with Gasteiger partial charge in [0.1, 0.15) is 17.3 Å². The molecule has 0 aliphatic carbocycles. The Morgan fingerprint density at radius 2 is 2.06 bits per heavy atom. The second-order valence-corrected chi connectivity index (χ2v) is 8.34. The van der Waals surface area contributed by atoms with Gasteiger partial charge in [0.15, 0.2) is 5.01 Å². The molecule has 0 saturated carbocycles. The monoisotopic (exact) mass is 464 g/mol. The smallest absolute Gasteiger partial charge is 0.388 e. The zero-order chi connectivity index (χ0) is 22.6. The Morgan fingerprint density at radius 1 is 1.25 bits per heavy atom. The topological polar surface area (TPSA) is 108 Å². The number of ether oxygens (including phenoxy) is 1. The molecule has 0 spiro atoms. The van der Waals surface area contributed by atoms with Crippen LogP contribution in [0.5, 0.6) is 0 Å². The van der Waals surface area contributed by atoms with Gasteiger partial charge in [0.2, 0.25) is 0 Å². The van der Waals surface area contributed by atoms with Crippen molar-refractivity contribution in [3.63, 3.8) is 0 Å². The molecule has 4 aromatic rings. The number of alkyl halides is 3. The molecular weight excluding hydrogens is 449 g/mol. The second kappa shape index (κ2) is 7.46. The van der Waals surface area contributed by atoms with Crippen LogP contribution < -0.4 is 5.56 Å². The second-order valence-electron chi connectivity index (χ2n) is 7.31. The number of fused-ring (bicyclic) bond motifs is 1. The van der Waals surface area contributed by atoms with Gasteiger partial charge in [-0.1, -0.05) is 0 Å². The minimum atomic E-state index is -4.58. The van der Waals surface area contributed by atoms with Crippen LogP contribution in [0.2, 0.25) is 0 Å². The maximum Gasteiger partial charge on any atom is 0.443 e. The van der Waals surface area contributed by atoms with Gasteiger partial charge in [0.05, 0.1) is 47.7 Å². The number of aliphatic hydroxyl groups is 1. The maximum atomic E-state index is 13.3. The first-order valence-corrected chi connectivity index (χ1v) is 10.2. The van der Waals surface area contributed by atoms with E-state index in [0.717, 1.165) is 6.20 Å². The number of nitrogens with zero attached hydrogens (tertiary/aromatic N) is 6. The number of rotatable bonds is 3. The molecule has 1 aliphatic heterocycles. The quantitative estimate of drug-likeness (QED) is 0.496. The summed E-state index contributed by atoms with van der Waals surface area (Å²) in [5.74, 6) is 0. The Balaban J connectivity index is 1.75. The third kappa shape index (κ3) is 3.47. The van der Waals surface area contributed by atoms with Crippen LogP contribution in [-0.2, 0) is 18.0 Å². The van der Waals surface area contributed by atoms with Gasteiger partial charge < -0.3 is 9.84 Å². The normalized spacial score (nSPS) is 19.2. The van der Waals surface area contributed by atoms with Gasteiger partial charge in [-0.25, -0.2) is 15.0 Å². The molecule has 1 fully saturated rings. The molecule has 166 valence electrons. The minimum Gasteiger partial charge on any atom is -0.388 e. The van der Waals surface area contributed by atoms with E-state index < -0.39 is 28.9 Å². The van der Waals surface area contributed by atoms with E-state index in [1.807, 2.05) is 0 Å². The molecule has 0 radical (unpaired) electrons. The maximum absolute atomic E-state index is 13.3. The minimum absolute atomic E-state index is 0.0960. The summed E-state index contributed by atoms with van der Waals surface area (Å²) < 4.78 is 47.2. The highest BCUT2D eigenvalue weighted by molar-refractivity contribution is 7.15. The van der Waals surface area contributed by atoms with Crippen LogP contribution in [0.4, 0.5) is 13.2 Å². The summed E-state index contributed by atoms with van der Waals surface area (Å²) in [6.45, 7) is 0.240. The Kier molecular flexibility index (Phi) is 4.83. The van der Waals surface area contributed by atoms with Gasteiger partial charge in [-0.2, -0.15) is 18.3 Å². The molecule has 9 nitrogen and oxygen atoms in total. The number of hydrogen-bond acceptors (Lipinski definition) is 8. The molecule has 0 amide bonds. The van der Waals surface area contributed by atoms with Crippen LogP contribution in [-0.4, -0.2) is 53.7 Å². The molecule has 5 rings (SSSR count). The molecule has 1 N–H and O–H groups in total. The number of pyridine rings is 1. The average Bonchev–Trinajstić information content (AvgIpc) is 3.48. The lowest BCUT2D eigenvalue weighted by atomic mass is 10.1. The Bertz CT molecular complexity index is 1380. The molecule has 1 saturated heterocycles. The van der Waals surface area contributed by atoms with E-state index in [4.69, 9.17) is 4.74 Å². The van der Waals surface area contributed by atoms with Crippen molar-refractivity contribution < 1.29 is 23.0 Å². The Morgan fingerprint density at radius 3 is 2.69 bits per heavy atom. The van der Waals surface area contributed by atoms with Crippen LogP contribution in [0.15, 0.2) is 35.8 Å². The third-order valence-corrected chi connectivity index (χ3v) is 6.19. The lowest BCUT2D eigenvalue weighted by molar-refractivity contribution is -0.137. The van der Waals surface area contributed by atoms with E-state index in [0.29, 0.717) is 22.6 Å². The summed E-state index contributed by atoms with van der Waals surface area (Å²) in [6.07, 6.45) is 0.143. The van der Waals surface area contributed by atoms with Gasteiger partial charge >= 0.3 is 6.18 Å². The number of aryl methyl sites for hydroxylation is 1. The van der Waals surface area contributed by atoms with Crippen LogP contribution in [0, 0.1) is 0 Å². The molecule has 32 heavy (non-hydrogen) atoms. The fraction of sp³-hybridized carbons (Fsp3) is 0.316. The van der Waals surface area contributed by atoms with Gasteiger partial charge in [-0.15, -0.1) is 11.3 Å². The van der Waals surface area contributed by atoms with Crippen molar-refractivity contribution in [2.75, 3.05) is 13.2 Å². The van der Waals surface area contributed by atoms with Crippen molar-refractivity contribution in [3.05, 3.63) is 46.3 Å². The molecule has 2 atom stereocenters. The first-order valence-electron chi connectivity index (χ1n) is 9.42. The summed E-state index contributed by atoms with van der Waals surface area (Å²) in [7, 11) is 1.70. The van der Waals surface area contributed by atoms with E-state index in [1.165, 1.54) is 27.8 Å². The van der Waals surface area contributed by atoms with E-state index in [9.17, 15) is 23.1 Å². The van der Waals surface area contributed by atoms with E-state index >= 15 is 0 Å². The van der Waals surface area contributed by atoms with Crippen LogP contribution in [0.1, 0.15) is 11.0 Å². The van der Waals surface area contributed by atoms with Gasteiger partial charge in [-0.3, -0.25) is 14.0 Å². The summed E-state index contributed by atoms with van der Waals surface area (Å²) in [5, 5.41) is 13.4. The summed E-state index contributed by atoms with van der Waals surface area (Å²) >= 11 is 0.438. The van der Waals surface area contributed by atoms with E-state index in [2.05, 4.69) is 20.1 Å². The van der Waals surface area contributed by atoms with E-state index in [-0.39, 0.29) is 34.7 Å². The number of hydrogen-bond donors (Lipinski definition) is 1. The zero-order valence-electron chi connectivity index (χ0n) is 16.4. The highest BCUT2D eigenvalue weighted by Crippen LogP contribution is 2.37. The molecule has 5 heterocycles. The SMILES string of the molecule is Cn1cc(-c2nc(-c3cnc(C(F)(F)F)s3)cc3c(=O)n([C@H]4COC[C@@H]4O)cnc23)cn1. The highest BCUT2D eigenvalue weighted by atomic mass is 32.1. The molecule has 0 unspecified atom stereocenters. The summed E-state index contributed by atoms with van der Waals surface area (Å²) in [6, 6.07) is 0.787. The zero-order valence-corrected chi connectivity index (χ0v) is 17.3. The van der Waals surface area contributed by atoms with Gasteiger partial charge in [-0.05, 0) is 6.07 Å². The predicted molar refractivity (Wildman–Crippen MR) is 108 cm³/mol. The molecule has 1 aliphatic rings. The fourth-order valence-electron chi connectivity index (χ4n) is 3.57. The van der Waals surface area contributed by atoms with Crippen LogP contribution in [0.25, 0.3) is 32.7 Å². The first-order chi connectivity index (χ1) is 15.2. The molecule has 4 aromatic heterocycles. The number of aliphatic hydroxyl groups excluding tert-OH is 1. The molecule has 13 heteroatoms. The highest BCUT2D eigenvalue weighted by Gasteiger charge is 2.35. The average molecular weight is 464 g/mol. The third-order valence-electron chi connectivity index (χ3n) is 5.13. The van der Waals surface area contributed by atoms with Crippen molar-refractivity contribution in [3.8, 4) is 21.8 Å². The van der Waals surface area contributed by atoms with Crippen LogP contribution in [0.3, 0.4) is 0 Å². The molecule has 0 aromatic carbocycles. The van der Waals surface area contributed by atoms with E-state index in [1.54, 1.807) is 13.2 Å². The van der Waals surface area contributed by atoms with Crippen molar-refractivity contribution in [2.45, 2.75) is 18.3 Å². The Hall–Kier alpha value is -3.16. The molecule has 0 bridgehead atoms. The largest absolute Gasteiger partial charge is 0.443 e. The van der Waals surface area contributed by atoms with Crippen LogP contribution >= 0.6 is 11.3 Å². The summed E-state index contributed by atoms with van der Waals surface area (Å²) in [5.41, 5.74) is 0.828.